The highest BCUT2D eigenvalue weighted by atomic mass is 14.5. The van der Waals surface area contributed by atoms with E-state index in [0.29, 0.717) is 5.71 Å². The minimum absolute atomic E-state index is 0.565. The van der Waals surface area contributed by atoms with E-state index in [9.17, 15) is 0 Å². The molecule has 0 aliphatic heterocycles. The lowest BCUT2D eigenvalue weighted by atomic mass is 10.2. The highest BCUT2D eigenvalue weighted by Crippen LogP contribution is 1.95. The van der Waals surface area contributed by atoms with Crippen LogP contribution in [0.2, 0.25) is 0 Å². The molecular weight excluding hydrogens is 184 g/mol. The summed E-state index contributed by atoms with van der Waals surface area (Å²) in [6, 6.07) is 9.49. The summed E-state index contributed by atoms with van der Waals surface area (Å²) in [4.78, 5) is 0. The Balaban J connectivity index is 0. The molecule has 0 bridgehead atoms. The van der Waals surface area contributed by atoms with E-state index in [1.165, 1.54) is 0 Å². The largest absolute Gasteiger partial charge is 0.399 e. The van der Waals surface area contributed by atoms with Gasteiger partial charge in [0.2, 0.25) is 0 Å². The molecule has 84 valence electrons. The van der Waals surface area contributed by atoms with Crippen molar-refractivity contribution in [2.75, 3.05) is 5.73 Å². The number of allylic oxidation sites excluding steroid dienone is 1. The Morgan fingerprint density at radius 1 is 1.13 bits per heavy atom. The van der Waals surface area contributed by atoms with E-state index in [4.69, 9.17) is 11.1 Å². The highest BCUT2D eigenvalue weighted by Gasteiger charge is 1.80. The van der Waals surface area contributed by atoms with Gasteiger partial charge in [0.15, 0.2) is 0 Å². The zero-order chi connectivity index (χ0) is 12.3. The molecule has 15 heavy (non-hydrogen) atoms. The van der Waals surface area contributed by atoms with Crippen molar-refractivity contribution in [1.29, 1.82) is 5.41 Å². The molecule has 0 unspecified atom stereocenters. The van der Waals surface area contributed by atoms with Crippen molar-refractivity contribution in [3.05, 3.63) is 42.5 Å². The lowest BCUT2D eigenvalue weighted by Gasteiger charge is -1.85. The zero-order valence-electron chi connectivity index (χ0n) is 10.2. The minimum atomic E-state index is 0.565. The first-order valence-electron chi connectivity index (χ1n) is 5.05. The molecule has 0 aliphatic carbocycles. The topological polar surface area (TPSA) is 49.9 Å². The SMILES string of the molecule is C=C(C)C(C)=N.CC.Nc1ccccc1. The Morgan fingerprint density at radius 2 is 1.47 bits per heavy atom. The molecule has 1 aromatic carbocycles. The number of nitrogens with two attached hydrogens (primary N) is 1. The lowest BCUT2D eigenvalue weighted by molar-refractivity contribution is 1.43. The number of anilines is 1. The van der Waals surface area contributed by atoms with Crippen LogP contribution < -0.4 is 5.73 Å². The summed E-state index contributed by atoms with van der Waals surface area (Å²) in [6.07, 6.45) is 0. The van der Waals surface area contributed by atoms with E-state index < -0.39 is 0 Å². The van der Waals surface area contributed by atoms with Gasteiger partial charge in [-0.1, -0.05) is 38.6 Å². The maximum absolute atomic E-state index is 6.85. The molecule has 0 spiro atoms. The maximum Gasteiger partial charge on any atom is 0.0313 e. The van der Waals surface area contributed by atoms with Gasteiger partial charge in [0.25, 0.3) is 0 Å². The minimum Gasteiger partial charge on any atom is -0.399 e. The van der Waals surface area contributed by atoms with Crippen molar-refractivity contribution in [1.82, 2.24) is 0 Å². The van der Waals surface area contributed by atoms with Crippen LogP contribution in [0.1, 0.15) is 27.7 Å². The average Bonchev–Trinajstić information content (AvgIpc) is 2.22. The Labute approximate surface area is 93.3 Å². The molecule has 0 fully saturated rings. The molecule has 1 rings (SSSR count). The molecule has 0 aromatic heterocycles. The predicted molar refractivity (Wildman–Crippen MR) is 70.4 cm³/mol. The second kappa shape index (κ2) is 10.5. The van der Waals surface area contributed by atoms with Crippen LogP contribution in [0.5, 0.6) is 0 Å². The van der Waals surface area contributed by atoms with Gasteiger partial charge in [-0.15, -0.1) is 0 Å². The van der Waals surface area contributed by atoms with E-state index in [1.54, 1.807) is 6.92 Å². The van der Waals surface area contributed by atoms with Gasteiger partial charge in [-0.2, -0.15) is 0 Å². The summed E-state index contributed by atoms with van der Waals surface area (Å²) in [6.45, 7) is 11.1. The number of rotatable bonds is 1. The van der Waals surface area contributed by atoms with Crippen LogP contribution >= 0.6 is 0 Å². The fourth-order valence-electron chi connectivity index (χ4n) is 0.453. The number of hydrogen-bond acceptors (Lipinski definition) is 2. The first-order chi connectivity index (χ1) is 7.04. The molecule has 0 atom stereocenters. The van der Waals surface area contributed by atoms with Gasteiger partial charge in [0.05, 0.1) is 0 Å². The summed E-state index contributed by atoms with van der Waals surface area (Å²) >= 11 is 0. The second-order valence-corrected chi connectivity index (χ2v) is 2.82. The van der Waals surface area contributed by atoms with Gasteiger partial charge in [-0.3, -0.25) is 0 Å². The average molecular weight is 206 g/mol. The van der Waals surface area contributed by atoms with Crippen molar-refractivity contribution in [2.45, 2.75) is 27.7 Å². The third-order valence-corrected chi connectivity index (χ3v) is 1.44. The summed E-state index contributed by atoms with van der Waals surface area (Å²) in [5.74, 6) is 0. The Morgan fingerprint density at radius 3 is 1.60 bits per heavy atom. The van der Waals surface area contributed by atoms with E-state index in [1.807, 2.05) is 51.1 Å². The zero-order valence-corrected chi connectivity index (χ0v) is 10.2. The monoisotopic (exact) mass is 206 g/mol. The van der Waals surface area contributed by atoms with Crippen molar-refractivity contribution >= 4 is 11.4 Å². The highest BCUT2D eigenvalue weighted by molar-refractivity contribution is 5.94. The first-order valence-corrected chi connectivity index (χ1v) is 5.05. The van der Waals surface area contributed by atoms with Crippen LogP contribution in [0.25, 0.3) is 0 Å². The molecule has 0 saturated carbocycles. The van der Waals surface area contributed by atoms with Crippen LogP contribution in [-0.4, -0.2) is 5.71 Å². The number of hydrogen-bond donors (Lipinski definition) is 2. The molecule has 3 N–H and O–H groups in total. The van der Waals surface area contributed by atoms with Gasteiger partial charge in [0, 0.05) is 11.4 Å². The number of nitrogens with one attached hydrogen (secondary N) is 1. The fraction of sp³-hybridized carbons (Fsp3) is 0.308. The van der Waals surface area contributed by atoms with Gasteiger partial charge in [0.1, 0.15) is 0 Å². The second-order valence-electron chi connectivity index (χ2n) is 2.82. The summed E-state index contributed by atoms with van der Waals surface area (Å²) < 4.78 is 0. The summed E-state index contributed by atoms with van der Waals surface area (Å²) in [5.41, 5.74) is 7.59. The molecule has 1 aromatic rings. The van der Waals surface area contributed by atoms with Crippen LogP contribution in [0.4, 0.5) is 5.69 Å². The molecule has 0 saturated heterocycles. The van der Waals surface area contributed by atoms with E-state index >= 15 is 0 Å². The van der Waals surface area contributed by atoms with Crippen molar-refractivity contribution in [2.24, 2.45) is 0 Å². The third-order valence-electron chi connectivity index (χ3n) is 1.44. The predicted octanol–water partition coefficient (Wildman–Crippen LogP) is 3.90. The molecule has 0 amide bonds. The van der Waals surface area contributed by atoms with Gasteiger partial charge in [-0.25, -0.2) is 0 Å². The van der Waals surface area contributed by atoms with Gasteiger partial charge < -0.3 is 11.1 Å². The quantitative estimate of drug-likeness (QED) is 0.531. The van der Waals surface area contributed by atoms with Gasteiger partial charge in [-0.05, 0) is 31.6 Å². The standard InChI is InChI=1S/C6H7N.C5H9N.C2H6/c7-6-4-2-1-3-5-6;1-4(2)5(3)6;1-2/h1-5H,7H2;6H,1H2,2-3H3;1-2H3. The van der Waals surface area contributed by atoms with E-state index in [-0.39, 0.29) is 0 Å². The smallest absolute Gasteiger partial charge is 0.0313 e. The molecule has 0 aliphatic rings. The molecule has 2 heteroatoms. The molecule has 0 radical (unpaired) electrons. The van der Waals surface area contributed by atoms with Crippen LogP contribution in [0.15, 0.2) is 42.5 Å². The number of para-hydroxylation sites is 1. The van der Waals surface area contributed by atoms with E-state index in [0.717, 1.165) is 11.3 Å². The first kappa shape index (κ1) is 15.9. The Kier molecular flexibility index (Phi) is 11.1. The summed E-state index contributed by atoms with van der Waals surface area (Å²) in [5, 5.41) is 6.85. The number of nitrogen functional groups attached to an aromatic ring is 1. The summed E-state index contributed by atoms with van der Waals surface area (Å²) in [7, 11) is 0. The van der Waals surface area contributed by atoms with Crippen LogP contribution in [0, 0.1) is 5.41 Å². The van der Waals surface area contributed by atoms with Crippen molar-refractivity contribution in [3.63, 3.8) is 0 Å². The Hall–Kier alpha value is -1.57. The molecule has 0 heterocycles. The third kappa shape index (κ3) is 12.4. The fourth-order valence-corrected chi connectivity index (χ4v) is 0.453. The van der Waals surface area contributed by atoms with Gasteiger partial charge >= 0.3 is 0 Å². The molecular formula is C13H22N2. The van der Waals surface area contributed by atoms with Crippen molar-refractivity contribution in [3.8, 4) is 0 Å². The van der Waals surface area contributed by atoms with Crippen molar-refractivity contribution < 1.29 is 0 Å². The van der Waals surface area contributed by atoms with Crippen LogP contribution in [0.3, 0.4) is 0 Å². The normalized spacial score (nSPS) is 7.47. The van der Waals surface area contributed by atoms with Crippen LogP contribution in [-0.2, 0) is 0 Å². The number of benzene rings is 1. The molecule has 2 nitrogen and oxygen atoms in total. The maximum atomic E-state index is 6.85. The lowest BCUT2D eigenvalue weighted by Crippen LogP contribution is -1.84. The Bertz CT molecular complexity index is 264. The van der Waals surface area contributed by atoms with E-state index in [2.05, 4.69) is 6.58 Å².